The maximum Gasteiger partial charge on any atom is 0.280 e. The molecule has 6 heteroatoms. The number of carbonyl (C=O) groups is 1. The van der Waals surface area contributed by atoms with Gasteiger partial charge in [-0.15, -0.1) is 0 Å². The second-order valence-electron chi connectivity index (χ2n) is 5.09. The molecule has 92 valence electrons. The zero-order valence-corrected chi connectivity index (χ0v) is 9.63. The zero-order chi connectivity index (χ0) is 11.8. The quantitative estimate of drug-likeness (QED) is 0.821. The highest BCUT2D eigenvalue weighted by atomic mass is 16.6. The molecule has 0 atom stereocenters. The van der Waals surface area contributed by atoms with Crippen molar-refractivity contribution >= 4 is 11.7 Å². The van der Waals surface area contributed by atoms with Gasteiger partial charge in [0.2, 0.25) is 11.5 Å². The lowest BCUT2D eigenvalue weighted by atomic mass is 10.2. The molecular formula is C11H16N4O2. The Morgan fingerprint density at radius 2 is 1.82 bits per heavy atom. The van der Waals surface area contributed by atoms with Gasteiger partial charge in [-0.05, 0) is 47.8 Å². The van der Waals surface area contributed by atoms with E-state index in [0.717, 1.165) is 13.1 Å². The van der Waals surface area contributed by atoms with Crippen LogP contribution >= 0.6 is 0 Å². The summed E-state index contributed by atoms with van der Waals surface area (Å²) in [7, 11) is 0. The first-order chi connectivity index (χ1) is 8.24. The third-order valence-corrected chi connectivity index (χ3v) is 3.35. The van der Waals surface area contributed by atoms with Crippen LogP contribution in [0.2, 0.25) is 0 Å². The number of carbonyl (C=O) groups excluding carboxylic acids is 1. The minimum atomic E-state index is -0.137. The summed E-state index contributed by atoms with van der Waals surface area (Å²) in [5, 5.41) is 7.04. The summed E-state index contributed by atoms with van der Waals surface area (Å²) in [5.74, 6) is 1.28. The van der Waals surface area contributed by atoms with Gasteiger partial charge in [-0.25, -0.2) is 4.63 Å². The highest BCUT2D eigenvalue weighted by Gasteiger charge is 2.33. The van der Waals surface area contributed by atoms with E-state index in [2.05, 4.69) is 14.9 Å². The first-order valence-electron chi connectivity index (χ1n) is 6.11. The van der Waals surface area contributed by atoms with Crippen LogP contribution in [0.3, 0.4) is 0 Å². The Labute approximate surface area is 99.1 Å². The molecule has 0 aliphatic heterocycles. The van der Waals surface area contributed by atoms with Crippen LogP contribution in [0.25, 0.3) is 0 Å². The SMILES string of the molecule is Nc1nonc1C(=O)N(CC1CC1)CC1CC1. The Morgan fingerprint density at radius 3 is 2.24 bits per heavy atom. The summed E-state index contributed by atoms with van der Waals surface area (Å²) < 4.78 is 4.49. The van der Waals surface area contributed by atoms with Gasteiger partial charge in [0.1, 0.15) is 0 Å². The van der Waals surface area contributed by atoms with Gasteiger partial charge >= 0.3 is 0 Å². The van der Waals surface area contributed by atoms with Crippen molar-refractivity contribution < 1.29 is 9.42 Å². The standard InChI is InChI=1S/C11H16N4O2/c12-10-9(13-17-14-10)11(16)15(5-7-1-2-7)6-8-3-4-8/h7-8H,1-6H2,(H2,12,14). The Morgan fingerprint density at radius 1 is 1.24 bits per heavy atom. The van der Waals surface area contributed by atoms with Gasteiger partial charge in [-0.2, -0.15) is 0 Å². The smallest absolute Gasteiger partial charge is 0.280 e. The molecule has 2 saturated carbocycles. The predicted octanol–water partition coefficient (Wildman–Crippen LogP) is 0.914. The van der Waals surface area contributed by atoms with E-state index in [1.165, 1.54) is 25.7 Å². The second-order valence-corrected chi connectivity index (χ2v) is 5.09. The average Bonchev–Trinajstić information content (AvgIpc) is 3.21. The number of hydrogen-bond donors (Lipinski definition) is 1. The maximum atomic E-state index is 12.2. The van der Waals surface area contributed by atoms with Crippen molar-refractivity contribution in [3.05, 3.63) is 5.69 Å². The fraction of sp³-hybridized carbons (Fsp3) is 0.727. The molecular weight excluding hydrogens is 220 g/mol. The monoisotopic (exact) mass is 236 g/mol. The molecule has 0 spiro atoms. The average molecular weight is 236 g/mol. The summed E-state index contributed by atoms with van der Waals surface area (Å²) in [6.07, 6.45) is 4.89. The molecule has 0 bridgehead atoms. The lowest BCUT2D eigenvalue weighted by Gasteiger charge is -2.21. The third-order valence-electron chi connectivity index (χ3n) is 3.35. The van der Waals surface area contributed by atoms with Crippen LogP contribution in [0.1, 0.15) is 36.2 Å². The van der Waals surface area contributed by atoms with Crippen molar-refractivity contribution in [2.24, 2.45) is 11.8 Å². The Kier molecular flexibility index (Phi) is 2.49. The van der Waals surface area contributed by atoms with Crippen LogP contribution in [0, 0.1) is 11.8 Å². The Bertz CT molecular complexity index is 409. The van der Waals surface area contributed by atoms with E-state index in [1.54, 1.807) is 0 Å². The zero-order valence-electron chi connectivity index (χ0n) is 9.63. The molecule has 0 unspecified atom stereocenters. The topological polar surface area (TPSA) is 85.2 Å². The van der Waals surface area contributed by atoms with Gasteiger partial charge in [-0.1, -0.05) is 0 Å². The molecule has 0 saturated heterocycles. The number of aromatic nitrogens is 2. The highest BCUT2D eigenvalue weighted by molar-refractivity contribution is 5.96. The number of nitrogen functional groups attached to an aromatic ring is 1. The first-order valence-corrected chi connectivity index (χ1v) is 6.11. The molecule has 2 aliphatic carbocycles. The molecule has 0 radical (unpaired) electrons. The first kappa shape index (κ1) is 10.6. The van der Waals surface area contributed by atoms with Crippen molar-refractivity contribution in [3.63, 3.8) is 0 Å². The number of amides is 1. The van der Waals surface area contributed by atoms with E-state index in [1.807, 2.05) is 4.90 Å². The number of rotatable bonds is 5. The molecule has 2 aliphatic rings. The van der Waals surface area contributed by atoms with Crippen molar-refractivity contribution in [1.82, 2.24) is 15.2 Å². The van der Waals surface area contributed by atoms with Crippen LogP contribution < -0.4 is 5.73 Å². The van der Waals surface area contributed by atoms with Gasteiger partial charge in [0, 0.05) is 13.1 Å². The molecule has 17 heavy (non-hydrogen) atoms. The molecule has 1 aromatic rings. The van der Waals surface area contributed by atoms with E-state index in [4.69, 9.17) is 5.73 Å². The lowest BCUT2D eigenvalue weighted by Crippen LogP contribution is -2.35. The molecule has 2 fully saturated rings. The fourth-order valence-corrected chi connectivity index (χ4v) is 1.96. The lowest BCUT2D eigenvalue weighted by molar-refractivity contribution is 0.0729. The Hall–Kier alpha value is -1.59. The number of nitrogens with two attached hydrogens (primary N) is 1. The molecule has 2 N–H and O–H groups in total. The molecule has 1 aromatic heterocycles. The van der Waals surface area contributed by atoms with Crippen molar-refractivity contribution in [1.29, 1.82) is 0 Å². The highest BCUT2D eigenvalue weighted by Crippen LogP contribution is 2.34. The van der Waals surface area contributed by atoms with Crippen molar-refractivity contribution in [2.45, 2.75) is 25.7 Å². The van der Waals surface area contributed by atoms with Gasteiger partial charge in [0.25, 0.3) is 5.91 Å². The van der Waals surface area contributed by atoms with E-state index >= 15 is 0 Å². The largest absolute Gasteiger partial charge is 0.379 e. The molecule has 0 aromatic carbocycles. The van der Waals surface area contributed by atoms with E-state index in [0.29, 0.717) is 11.8 Å². The normalized spacial score (nSPS) is 19.3. The minimum absolute atomic E-state index is 0.0894. The van der Waals surface area contributed by atoms with Crippen LogP contribution in [0.15, 0.2) is 4.63 Å². The van der Waals surface area contributed by atoms with Crippen LogP contribution in [0.4, 0.5) is 5.82 Å². The molecule has 3 rings (SSSR count). The van der Waals surface area contributed by atoms with Gasteiger partial charge < -0.3 is 10.6 Å². The van der Waals surface area contributed by atoms with E-state index in [9.17, 15) is 4.79 Å². The van der Waals surface area contributed by atoms with Crippen molar-refractivity contribution in [3.8, 4) is 0 Å². The van der Waals surface area contributed by atoms with Crippen LogP contribution in [-0.4, -0.2) is 34.2 Å². The number of anilines is 1. The van der Waals surface area contributed by atoms with Crippen LogP contribution in [-0.2, 0) is 0 Å². The Balaban J connectivity index is 1.71. The van der Waals surface area contributed by atoms with Gasteiger partial charge in [0.15, 0.2) is 0 Å². The van der Waals surface area contributed by atoms with Gasteiger partial charge in [-0.3, -0.25) is 4.79 Å². The van der Waals surface area contributed by atoms with Crippen LogP contribution in [0.5, 0.6) is 0 Å². The maximum absolute atomic E-state index is 12.2. The molecule has 1 amide bonds. The number of hydrogen-bond acceptors (Lipinski definition) is 5. The third kappa shape index (κ3) is 2.40. The van der Waals surface area contributed by atoms with E-state index in [-0.39, 0.29) is 17.4 Å². The summed E-state index contributed by atoms with van der Waals surface area (Å²) in [4.78, 5) is 14.1. The summed E-state index contributed by atoms with van der Waals surface area (Å²) in [6.45, 7) is 1.64. The van der Waals surface area contributed by atoms with Gasteiger partial charge in [0.05, 0.1) is 0 Å². The summed E-state index contributed by atoms with van der Waals surface area (Å²) >= 11 is 0. The fourth-order valence-electron chi connectivity index (χ4n) is 1.96. The number of nitrogens with zero attached hydrogens (tertiary/aromatic N) is 3. The van der Waals surface area contributed by atoms with Crippen molar-refractivity contribution in [2.75, 3.05) is 18.8 Å². The summed E-state index contributed by atoms with van der Waals surface area (Å²) in [5.41, 5.74) is 5.72. The molecule has 1 heterocycles. The van der Waals surface area contributed by atoms with E-state index < -0.39 is 0 Å². The minimum Gasteiger partial charge on any atom is -0.379 e. The summed E-state index contributed by atoms with van der Waals surface area (Å²) in [6, 6.07) is 0. The second kappa shape index (κ2) is 4.01. The predicted molar refractivity (Wildman–Crippen MR) is 60.1 cm³/mol. The molecule has 6 nitrogen and oxygen atoms in total.